The molecular formula is C28H49ClN4O5S. The first-order valence-corrected chi connectivity index (χ1v) is 13.9. The van der Waals surface area contributed by atoms with E-state index in [0.29, 0.717) is 22.1 Å². The molecule has 224 valence electrons. The van der Waals surface area contributed by atoms with Crippen molar-refractivity contribution in [1.82, 2.24) is 10.6 Å². The van der Waals surface area contributed by atoms with Gasteiger partial charge in [-0.2, -0.15) is 0 Å². The number of nitrogens with one attached hydrogen (secondary N) is 2. The van der Waals surface area contributed by atoms with Crippen LogP contribution in [0.25, 0.3) is 6.08 Å². The topological polar surface area (TPSA) is 115 Å². The molecule has 0 saturated heterocycles. The Hall–Kier alpha value is -2.50. The van der Waals surface area contributed by atoms with E-state index in [9.17, 15) is 22.6 Å². The van der Waals surface area contributed by atoms with Crippen LogP contribution in [0.15, 0.2) is 60.0 Å². The number of quaternary nitrogens is 2. The minimum atomic E-state index is -4.25. The van der Waals surface area contributed by atoms with Crippen molar-refractivity contribution in [2.24, 2.45) is 0 Å². The first-order chi connectivity index (χ1) is 17.2. The molecule has 9 nitrogen and oxygen atoms in total. The SMILES string of the molecule is C=C(C)C(=O)NCCC[N+](C)(C)C.C=C(C)C(=O)NCCC[N+](C)(C)C.O=S(=O)([O-])C=Cc1ccccc1.[Cl-]. The van der Waals surface area contributed by atoms with Crippen molar-refractivity contribution < 1.29 is 43.9 Å². The van der Waals surface area contributed by atoms with Gasteiger partial charge in [0.25, 0.3) is 0 Å². The number of rotatable bonds is 12. The molecule has 39 heavy (non-hydrogen) atoms. The van der Waals surface area contributed by atoms with Crippen LogP contribution in [0.1, 0.15) is 32.3 Å². The maximum absolute atomic E-state index is 11.1. The third-order valence-electron chi connectivity index (χ3n) is 4.58. The molecule has 0 fully saturated rings. The fourth-order valence-corrected chi connectivity index (χ4v) is 2.86. The Morgan fingerprint density at radius 1 is 0.821 bits per heavy atom. The van der Waals surface area contributed by atoms with E-state index in [-0.39, 0.29) is 24.2 Å². The maximum Gasteiger partial charge on any atom is 0.246 e. The van der Waals surface area contributed by atoms with Gasteiger partial charge in [0.2, 0.25) is 11.8 Å². The molecule has 0 radical (unpaired) electrons. The van der Waals surface area contributed by atoms with E-state index >= 15 is 0 Å². The van der Waals surface area contributed by atoms with E-state index in [1.807, 2.05) is 6.07 Å². The lowest BCUT2D eigenvalue weighted by molar-refractivity contribution is -0.870. The summed E-state index contributed by atoms with van der Waals surface area (Å²) in [6, 6.07) is 8.75. The number of carbonyl (C=O) groups is 2. The Balaban J connectivity index is -0.000000492. The minimum Gasteiger partial charge on any atom is -1.00 e. The number of hydrogen-bond donors (Lipinski definition) is 2. The van der Waals surface area contributed by atoms with Crippen LogP contribution in [-0.2, 0) is 19.7 Å². The van der Waals surface area contributed by atoms with Crippen LogP contribution in [0.3, 0.4) is 0 Å². The summed E-state index contributed by atoms with van der Waals surface area (Å²) in [6.45, 7) is 14.2. The molecule has 0 aromatic heterocycles. The lowest BCUT2D eigenvalue weighted by Crippen LogP contribution is -3.00. The number of halogens is 1. The largest absolute Gasteiger partial charge is 1.00 e. The summed E-state index contributed by atoms with van der Waals surface area (Å²) in [7, 11) is 8.58. The molecular weight excluding hydrogens is 540 g/mol. The molecule has 0 spiro atoms. The van der Waals surface area contributed by atoms with Gasteiger partial charge in [0, 0.05) is 42.5 Å². The molecule has 0 aliphatic carbocycles. The Morgan fingerprint density at radius 2 is 1.18 bits per heavy atom. The maximum atomic E-state index is 11.1. The van der Waals surface area contributed by atoms with Crippen LogP contribution >= 0.6 is 0 Å². The third-order valence-corrected chi connectivity index (χ3v) is 5.05. The molecule has 0 aliphatic rings. The molecule has 0 atom stereocenters. The highest BCUT2D eigenvalue weighted by Gasteiger charge is 2.07. The van der Waals surface area contributed by atoms with Crippen LogP contribution in [0, 0.1) is 0 Å². The lowest BCUT2D eigenvalue weighted by atomic mass is 10.2. The standard InChI is InChI=1S/2C10H20N2O.C8H8O3S.ClH/c2*1-9(2)10(13)11-7-6-8-12(3,4)5;9-12(10,11)7-6-8-4-2-1-3-5-8;/h2*1,6-8H2,2-5H3;1-7H,(H,9,10,11);1H. The van der Waals surface area contributed by atoms with Crippen LogP contribution in [-0.4, -0.2) is 102 Å². The zero-order valence-electron chi connectivity index (χ0n) is 24.9. The van der Waals surface area contributed by atoms with E-state index in [0.717, 1.165) is 48.0 Å². The summed E-state index contributed by atoms with van der Waals surface area (Å²) in [6.07, 6.45) is 3.27. The van der Waals surface area contributed by atoms with E-state index in [2.05, 4.69) is 66.1 Å². The van der Waals surface area contributed by atoms with Gasteiger partial charge in [0.15, 0.2) is 0 Å². The van der Waals surface area contributed by atoms with Gasteiger partial charge < -0.3 is 36.6 Å². The van der Waals surface area contributed by atoms with Crippen molar-refractivity contribution in [1.29, 1.82) is 0 Å². The normalized spacial score (nSPS) is 11.1. The van der Waals surface area contributed by atoms with E-state index in [4.69, 9.17) is 0 Å². The number of benzene rings is 1. The molecule has 2 N–H and O–H groups in total. The van der Waals surface area contributed by atoms with E-state index < -0.39 is 10.1 Å². The molecule has 0 saturated carbocycles. The summed E-state index contributed by atoms with van der Waals surface area (Å²) in [5.74, 6) is -0.0807. The average molecular weight is 589 g/mol. The predicted molar refractivity (Wildman–Crippen MR) is 156 cm³/mol. The van der Waals surface area contributed by atoms with Gasteiger partial charge in [-0.05, 0) is 25.5 Å². The van der Waals surface area contributed by atoms with Crippen molar-refractivity contribution in [3.05, 3.63) is 65.6 Å². The molecule has 0 unspecified atom stereocenters. The Kier molecular flexibility index (Phi) is 21.5. The molecule has 1 rings (SSSR count). The number of hydrogen-bond acceptors (Lipinski definition) is 5. The minimum absolute atomic E-state index is 0. The summed E-state index contributed by atoms with van der Waals surface area (Å²) >= 11 is 0. The van der Waals surface area contributed by atoms with E-state index in [1.54, 1.807) is 38.1 Å². The molecule has 0 bridgehead atoms. The van der Waals surface area contributed by atoms with Gasteiger partial charge >= 0.3 is 0 Å². The van der Waals surface area contributed by atoms with Crippen LogP contribution in [0.2, 0.25) is 0 Å². The molecule has 1 aromatic carbocycles. The van der Waals surface area contributed by atoms with Gasteiger partial charge in [-0.3, -0.25) is 9.59 Å². The van der Waals surface area contributed by atoms with Gasteiger partial charge in [-0.25, -0.2) is 8.42 Å². The van der Waals surface area contributed by atoms with Crippen molar-refractivity contribution in [3.63, 3.8) is 0 Å². The molecule has 2 amide bonds. The van der Waals surface area contributed by atoms with Gasteiger partial charge in [0.1, 0.15) is 10.1 Å². The highest BCUT2D eigenvalue weighted by molar-refractivity contribution is 7.88. The highest BCUT2D eigenvalue weighted by atomic mass is 35.5. The predicted octanol–water partition coefficient (Wildman–Crippen LogP) is -0.243. The van der Waals surface area contributed by atoms with Crippen molar-refractivity contribution in [2.75, 3.05) is 68.5 Å². The Labute approximate surface area is 243 Å². The second-order valence-electron chi connectivity index (χ2n) is 11.0. The summed E-state index contributed by atoms with van der Waals surface area (Å²) in [4.78, 5) is 22.1. The van der Waals surface area contributed by atoms with E-state index in [1.165, 1.54) is 6.08 Å². The summed E-state index contributed by atoms with van der Waals surface area (Å²) in [5, 5.41) is 6.25. The second-order valence-corrected chi connectivity index (χ2v) is 12.3. The monoisotopic (exact) mass is 588 g/mol. The molecule has 0 aliphatic heterocycles. The number of amides is 2. The van der Waals surface area contributed by atoms with Gasteiger partial charge in [-0.15, -0.1) is 0 Å². The van der Waals surface area contributed by atoms with Crippen LogP contribution in [0.4, 0.5) is 0 Å². The summed E-state index contributed by atoms with van der Waals surface area (Å²) in [5.41, 5.74) is 1.84. The van der Waals surface area contributed by atoms with Crippen molar-refractivity contribution in [2.45, 2.75) is 26.7 Å². The Morgan fingerprint density at radius 3 is 1.46 bits per heavy atom. The van der Waals surface area contributed by atoms with Crippen LogP contribution in [0.5, 0.6) is 0 Å². The Bertz CT molecular complexity index is 969. The fourth-order valence-electron chi connectivity index (χ4n) is 2.54. The smallest absolute Gasteiger partial charge is 0.246 e. The number of carbonyl (C=O) groups excluding carboxylic acids is 2. The molecule has 0 heterocycles. The molecule has 11 heteroatoms. The first-order valence-electron chi connectivity index (χ1n) is 12.4. The lowest BCUT2D eigenvalue weighted by Gasteiger charge is -2.23. The highest BCUT2D eigenvalue weighted by Crippen LogP contribution is 2.02. The zero-order valence-corrected chi connectivity index (χ0v) is 26.5. The van der Waals surface area contributed by atoms with Gasteiger partial charge in [0.05, 0.1) is 55.4 Å². The second kappa shape index (κ2) is 20.4. The quantitative estimate of drug-likeness (QED) is 0.151. The first kappa shape index (κ1) is 41.0. The summed E-state index contributed by atoms with van der Waals surface area (Å²) < 4.78 is 32.4. The van der Waals surface area contributed by atoms with Crippen molar-refractivity contribution in [3.8, 4) is 0 Å². The van der Waals surface area contributed by atoms with Crippen LogP contribution < -0.4 is 23.0 Å². The van der Waals surface area contributed by atoms with Crippen molar-refractivity contribution >= 4 is 28.0 Å². The number of nitrogens with zero attached hydrogens (tertiary/aromatic N) is 2. The average Bonchev–Trinajstić information content (AvgIpc) is 2.77. The third kappa shape index (κ3) is 31.6. The zero-order chi connectivity index (χ0) is 30.0. The fraction of sp³-hybridized carbons (Fsp3) is 0.500. The van der Waals surface area contributed by atoms with Gasteiger partial charge in [-0.1, -0.05) is 43.5 Å². The molecule has 1 aromatic rings.